The van der Waals surface area contributed by atoms with Crippen molar-refractivity contribution in [2.24, 2.45) is 0 Å². The SMILES string of the molecule is COc1cc(CCl)cc(Cl)c1OCc1ccn(C(C)C)n1. The number of methoxy groups -OCH3 is 1. The van der Waals surface area contributed by atoms with Crippen LogP contribution in [0.3, 0.4) is 0 Å². The molecule has 2 rings (SSSR count). The van der Waals surface area contributed by atoms with E-state index in [0.717, 1.165) is 11.3 Å². The molecule has 114 valence electrons. The third-order valence-corrected chi connectivity index (χ3v) is 3.59. The second-order valence-electron chi connectivity index (χ2n) is 4.91. The molecule has 1 heterocycles. The molecule has 0 radical (unpaired) electrons. The third-order valence-electron chi connectivity index (χ3n) is 3.00. The van der Waals surface area contributed by atoms with Crippen molar-refractivity contribution >= 4 is 23.2 Å². The Kier molecular flexibility index (Phi) is 5.37. The summed E-state index contributed by atoms with van der Waals surface area (Å²) in [6.07, 6.45) is 1.93. The topological polar surface area (TPSA) is 36.3 Å². The Hall–Kier alpha value is -1.39. The van der Waals surface area contributed by atoms with Gasteiger partial charge in [0, 0.05) is 18.1 Å². The number of rotatable bonds is 6. The first-order valence-corrected chi connectivity index (χ1v) is 7.55. The molecule has 0 unspecified atom stereocenters. The molecule has 0 amide bonds. The maximum Gasteiger partial charge on any atom is 0.180 e. The van der Waals surface area contributed by atoms with E-state index in [2.05, 4.69) is 18.9 Å². The number of hydrogen-bond donors (Lipinski definition) is 0. The molecule has 4 nitrogen and oxygen atoms in total. The zero-order valence-corrected chi connectivity index (χ0v) is 13.8. The Morgan fingerprint density at radius 1 is 1.33 bits per heavy atom. The average molecular weight is 329 g/mol. The number of aromatic nitrogens is 2. The number of hydrogen-bond acceptors (Lipinski definition) is 3. The predicted octanol–water partition coefficient (Wildman–Crippen LogP) is 4.44. The lowest BCUT2D eigenvalue weighted by Crippen LogP contribution is -2.04. The molecule has 0 aliphatic rings. The van der Waals surface area contributed by atoms with Crippen LogP contribution in [0.1, 0.15) is 31.1 Å². The van der Waals surface area contributed by atoms with Crippen molar-refractivity contribution in [2.45, 2.75) is 32.4 Å². The van der Waals surface area contributed by atoms with Gasteiger partial charge >= 0.3 is 0 Å². The van der Waals surface area contributed by atoms with E-state index in [1.54, 1.807) is 13.2 Å². The zero-order chi connectivity index (χ0) is 15.4. The van der Waals surface area contributed by atoms with E-state index in [9.17, 15) is 0 Å². The fraction of sp³-hybridized carbons (Fsp3) is 0.400. The van der Waals surface area contributed by atoms with Gasteiger partial charge in [0.1, 0.15) is 6.61 Å². The van der Waals surface area contributed by atoms with Gasteiger partial charge in [-0.1, -0.05) is 11.6 Å². The van der Waals surface area contributed by atoms with Crippen LogP contribution in [0.4, 0.5) is 0 Å². The normalized spacial score (nSPS) is 11.0. The molecule has 0 atom stereocenters. The summed E-state index contributed by atoms with van der Waals surface area (Å²) >= 11 is 12.0. The molecular weight excluding hydrogens is 311 g/mol. The van der Waals surface area contributed by atoms with Crippen LogP contribution in [0, 0.1) is 0 Å². The van der Waals surface area contributed by atoms with E-state index in [1.807, 2.05) is 23.0 Å². The second-order valence-corrected chi connectivity index (χ2v) is 5.59. The van der Waals surface area contributed by atoms with Crippen LogP contribution in [0.15, 0.2) is 24.4 Å². The second kappa shape index (κ2) is 7.05. The molecule has 1 aromatic carbocycles. The number of benzene rings is 1. The number of alkyl halides is 1. The Morgan fingerprint density at radius 2 is 2.10 bits per heavy atom. The van der Waals surface area contributed by atoms with Crippen molar-refractivity contribution < 1.29 is 9.47 Å². The van der Waals surface area contributed by atoms with Gasteiger partial charge in [-0.2, -0.15) is 5.10 Å². The van der Waals surface area contributed by atoms with E-state index in [4.69, 9.17) is 32.7 Å². The van der Waals surface area contributed by atoms with E-state index >= 15 is 0 Å². The highest BCUT2D eigenvalue weighted by atomic mass is 35.5. The zero-order valence-electron chi connectivity index (χ0n) is 12.3. The Bertz CT molecular complexity index is 612. The van der Waals surface area contributed by atoms with E-state index in [-0.39, 0.29) is 0 Å². The number of halogens is 2. The summed E-state index contributed by atoms with van der Waals surface area (Å²) < 4.78 is 13.0. The van der Waals surface area contributed by atoms with Gasteiger partial charge in [0.05, 0.1) is 17.8 Å². The summed E-state index contributed by atoms with van der Waals surface area (Å²) in [5.41, 5.74) is 1.72. The lowest BCUT2D eigenvalue weighted by molar-refractivity contribution is 0.279. The first-order valence-electron chi connectivity index (χ1n) is 6.64. The molecule has 1 aromatic heterocycles. The van der Waals surface area contributed by atoms with Crippen LogP contribution in [-0.4, -0.2) is 16.9 Å². The van der Waals surface area contributed by atoms with Crippen LogP contribution in [-0.2, 0) is 12.5 Å². The molecule has 2 aromatic rings. The van der Waals surface area contributed by atoms with Crippen molar-refractivity contribution in [3.63, 3.8) is 0 Å². The maximum absolute atomic E-state index is 6.22. The fourth-order valence-electron chi connectivity index (χ4n) is 1.88. The van der Waals surface area contributed by atoms with Crippen LogP contribution in [0.5, 0.6) is 11.5 Å². The highest BCUT2D eigenvalue weighted by molar-refractivity contribution is 6.32. The number of nitrogens with zero attached hydrogens (tertiary/aromatic N) is 2. The molecule has 0 saturated carbocycles. The van der Waals surface area contributed by atoms with Crippen LogP contribution in [0.25, 0.3) is 0 Å². The van der Waals surface area contributed by atoms with Crippen LogP contribution in [0.2, 0.25) is 5.02 Å². The smallest absolute Gasteiger partial charge is 0.180 e. The number of ether oxygens (including phenoxy) is 2. The summed E-state index contributed by atoms with van der Waals surface area (Å²) in [5, 5.41) is 4.91. The highest BCUT2D eigenvalue weighted by Crippen LogP contribution is 2.37. The summed E-state index contributed by atoms with van der Waals surface area (Å²) in [5.74, 6) is 1.45. The summed E-state index contributed by atoms with van der Waals surface area (Å²) in [6, 6.07) is 5.84. The molecule has 6 heteroatoms. The summed E-state index contributed by atoms with van der Waals surface area (Å²) in [7, 11) is 1.57. The minimum absolute atomic E-state index is 0.319. The van der Waals surface area contributed by atoms with Crippen molar-refractivity contribution in [1.82, 2.24) is 9.78 Å². The van der Waals surface area contributed by atoms with Crippen LogP contribution < -0.4 is 9.47 Å². The molecule has 0 bridgehead atoms. The standard InChI is InChI=1S/C15H18Cl2N2O2/c1-10(2)19-5-4-12(18-19)9-21-15-13(17)6-11(8-16)7-14(15)20-3/h4-7,10H,8-9H2,1-3H3. The predicted molar refractivity (Wildman–Crippen MR) is 84.5 cm³/mol. The lowest BCUT2D eigenvalue weighted by Gasteiger charge is -2.13. The van der Waals surface area contributed by atoms with Crippen LogP contribution >= 0.6 is 23.2 Å². The monoisotopic (exact) mass is 328 g/mol. The van der Waals surface area contributed by atoms with Crippen molar-refractivity contribution in [3.05, 3.63) is 40.7 Å². The Balaban J connectivity index is 2.15. The average Bonchev–Trinajstić information content (AvgIpc) is 2.94. The van der Waals surface area contributed by atoms with Gasteiger partial charge in [-0.05, 0) is 37.6 Å². The van der Waals surface area contributed by atoms with Crippen molar-refractivity contribution in [3.8, 4) is 11.5 Å². The fourth-order valence-corrected chi connectivity index (χ4v) is 2.32. The lowest BCUT2D eigenvalue weighted by atomic mass is 10.2. The maximum atomic E-state index is 6.22. The first-order chi connectivity index (χ1) is 10.0. The minimum atomic E-state index is 0.319. The quantitative estimate of drug-likeness (QED) is 0.735. The molecule has 0 spiro atoms. The summed E-state index contributed by atoms with van der Waals surface area (Å²) in [6.45, 7) is 4.47. The Morgan fingerprint density at radius 3 is 2.67 bits per heavy atom. The van der Waals surface area contributed by atoms with E-state index in [0.29, 0.717) is 35.1 Å². The third kappa shape index (κ3) is 3.83. The van der Waals surface area contributed by atoms with Crippen molar-refractivity contribution in [1.29, 1.82) is 0 Å². The molecule has 0 N–H and O–H groups in total. The van der Waals surface area contributed by atoms with Crippen molar-refractivity contribution in [2.75, 3.05) is 7.11 Å². The van der Waals surface area contributed by atoms with Gasteiger partial charge in [0.25, 0.3) is 0 Å². The Labute approximate surface area is 134 Å². The molecule has 21 heavy (non-hydrogen) atoms. The molecular formula is C15H18Cl2N2O2. The molecule has 0 aliphatic heterocycles. The first kappa shape index (κ1) is 16.0. The van der Waals surface area contributed by atoms with Gasteiger partial charge in [0.2, 0.25) is 0 Å². The molecule has 0 saturated heterocycles. The van der Waals surface area contributed by atoms with Gasteiger partial charge in [0.15, 0.2) is 11.5 Å². The van der Waals surface area contributed by atoms with Gasteiger partial charge in [-0.25, -0.2) is 0 Å². The summed E-state index contributed by atoms with van der Waals surface area (Å²) in [4.78, 5) is 0. The highest BCUT2D eigenvalue weighted by Gasteiger charge is 2.13. The van der Waals surface area contributed by atoms with Gasteiger partial charge < -0.3 is 9.47 Å². The largest absolute Gasteiger partial charge is 0.493 e. The molecule has 0 fully saturated rings. The van der Waals surface area contributed by atoms with E-state index < -0.39 is 0 Å². The molecule has 0 aliphatic carbocycles. The van der Waals surface area contributed by atoms with Gasteiger partial charge in [-0.15, -0.1) is 11.6 Å². The van der Waals surface area contributed by atoms with E-state index in [1.165, 1.54) is 0 Å². The van der Waals surface area contributed by atoms with Gasteiger partial charge in [-0.3, -0.25) is 4.68 Å². The minimum Gasteiger partial charge on any atom is -0.493 e.